The van der Waals surface area contributed by atoms with Gasteiger partial charge in [0.25, 0.3) is 5.91 Å². The van der Waals surface area contributed by atoms with Gasteiger partial charge >= 0.3 is 0 Å². The van der Waals surface area contributed by atoms with E-state index in [-0.39, 0.29) is 5.91 Å². The van der Waals surface area contributed by atoms with Crippen LogP contribution in [0.4, 0.5) is 5.69 Å². The molecule has 0 aromatic heterocycles. The Morgan fingerprint density at radius 2 is 2.00 bits per heavy atom. The summed E-state index contributed by atoms with van der Waals surface area (Å²) in [6.45, 7) is 9.09. The summed E-state index contributed by atoms with van der Waals surface area (Å²) in [4.78, 5) is 14.5. The largest absolute Gasteiger partial charge is 0.385 e. The molecule has 1 saturated heterocycles. The topological polar surface area (TPSA) is 32.3 Å². The summed E-state index contributed by atoms with van der Waals surface area (Å²) in [6, 6.07) is 5.97. The third-order valence-electron chi connectivity index (χ3n) is 4.32. The van der Waals surface area contributed by atoms with Crippen LogP contribution in [-0.2, 0) is 0 Å². The Balaban J connectivity index is 2.04. The van der Waals surface area contributed by atoms with E-state index in [1.807, 2.05) is 23.1 Å². The summed E-state index contributed by atoms with van der Waals surface area (Å²) >= 11 is 0. The van der Waals surface area contributed by atoms with Crippen molar-refractivity contribution in [3.8, 4) is 0 Å². The molecule has 0 aliphatic carbocycles. The number of hydrogen-bond acceptors (Lipinski definition) is 2. The Labute approximate surface area is 122 Å². The first kappa shape index (κ1) is 14.9. The fourth-order valence-corrected chi connectivity index (χ4v) is 2.91. The van der Waals surface area contributed by atoms with Gasteiger partial charge in [0.2, 0.25) is 0 Å². The molecule has 0 bridgehead atoms. The molecule has 0 atom stereocenters. The van der Waals surface area contributed by atoms with Gasteiger partial charge in [0, 0.05) is 30.9 Å². The van der Waals surface area contributed by atoms with Gasteiger partial charge in [-0.2, -0.15) is 0 Å². The van der Waals surface area contributed by atoms with Crippen molar-refractivity contribution >= 4 is 11.6 Å². The van der Waals surface area contributed by atoms with Gasteiger partial charge < -0.3 is 10.2 Å². The number of amides is 1. The SMILES string of the molecule is CCNc1ccc(C(=O)N2CCC(CC)CC2)cc1C. The highest BCUT2D eigenvalue weighted by Crippen LogP contribution is 2.23. The predicted octanol–water partition coefficient (Wildman–Crippen LogP) is 3.69. The highest BCUT2D eigenvalue weighted by molar-refractivity contribution is 5.95. The van der Waals surface area contributed by atoms with Crippen molar-refractivity contribution in [3.63, 3.8) is 0 Å². The van der Waals surface area contributed by atoms with E-state index in [4.69, 9.17) is 0 Å². The molecule has 1 aliphatic heterocycles. The number of carbonyl (C=O) groups excluding carboxylic acids is 1. The Morgan fingerprint density at radius 3 is 2.55 bits per heavy atom. The number of likely N-dealkylation sites (tertiary alicyclic amines) is 1. The lowest BCUT2D eigenvalue weighted by molar-refractivity contribution is 0.0689. The van der Waals surface area contributed by atoms with E-state index in [0.29, 0.717) is 0 Å². The molecule has 1 aromatic rings. The minimum atomic E-state index is 0.186. The van der Waals surface area contributed by atoms with E-state index in [1.165, 1.54) is 6.42 Å². The molecular formula is C17H26N2O. The lowest BCUT2D eigenvalue weighted by atomic mass is 9.94. The predicted molar refractivity (Wildman–Crippen MR) is 84.3 cm³/mol. The number of nitrogens with one attached hydrogen (secondary N) is 1. The molecule has 0 radical (unpaired) electrons. The van der Waals surface area contributed by atoms with E-state index >= 15 is 0 Å². The molecule has 110 valence electrons. The number of anilines is 1. The van der Waals surface area contributed by atoms with Gasteiger partial charge in [0.1, 0.15) is 0 Å². The summed E-state index contributed by atoms with van der Waals surface area (Å²) in [5.74, 6) is 0.989. The van der Waals surface area contributed by atoms with Crippen molar-refractivity contribution in [2.24, 2.45) is 5.92 Å². The molecule has 1 amide bonds. The Kier molecular flexibility index (Phi) is 5.05. The Bertz CT molecular complexity index is 462. The fraction of sp³-hybridized carbons (Fsp3) is 0.588. The maximum atomic E-state index is 12.5. The zero-order valence-electron chi connectivity index (χ0n) is 12.9. The smallest absolute Gasteiger partial charge is 0.253 e. The minimum Gasteiger partial charge on any atom is -0.385 e. The van der Waals surface area contributed by atoms with E-state index in [9.17, 15) is 4.79 Å². The maximum absolute atomic E-state index is 12.5. The van der Waals surface area contributed by atoms with Gasteiger partial charge in [-0.15, -0.1) is 0 Å². The number of rotatable bonds is 4. The lowest BCUT2D eigenvalue weighted by Crippen LogP contribution is -2.38. The molecule has 3 heteroatoms. The van der Waals surface area contributed by atoms with Crippen molar-refractivity contribution in [2.75, 3.05) is 25.0 Å². The van der Waals surface area contributed by atoms with Gasteiger partial charge in [0.15, 0.2) is 0 Å². The molecule has 1 heterocycles. The third-order valence-corrected chi connectivity index (χ3v) is 4.32. The van der Waals surface area contributed by atoms with Gasteiger partial charge in [-0.05, 0) is 56.4 Å². The summed E-state index contributed by atoms with van der Waals surface area (Å²) in [5, 5.41) is 3.31. The van der Waals surface area contributed by atoms with Crippen molar-refractivity contribution in [2.45, 2.75) is 40.0 Å². The van der Waals surface area contributed by atoms with Crippen LogP contribution in [0, 0.1) is 12.8 Å². The van der Waals surface area contributed by atoms with Crippen LogP contribution >= 0.6 is 0 Å². The van der Waals surface area contributed by atoms with E-state index in [2.05, 4.69) is 26.1 Å². The van der Waals surface area contributed by atoms with E-state index in [1.54, 1.807) is 0 Å². The molecule has 1 N–H and O–H groups in total. The molecule has 0 spiro atoms. The second kappa shape index (κ2) is 6.78. The monoisotopic (exact) mass is 274 g/mol. The molecule has 1 aliphatic rings. The molecule has 20 heavy (non-hydrogen) atoms. The van der Waals surface area contributed by atoms with Gasteiger partial charge in [0.05, 0.1) is 0 Å². The molecular weight excluding hydrogens is 248 g/mol. The first-order valence-electron chi connectivity index (χ1n) is 7.79. The molecule has 0 unspecified atom stereocenters. The highest BCUT2D eigenvalue weighted by atomic mass is 16.2. The quantitative estimate of drug-likeness (QED) is 0.908. The van der Waals surface area contributed by atoms with Crippen molar-refractivity contribution < 1.29 is 4.79 Å². The maximum Gasteiger partial charge on any atom is 0.253 e. The van der Waals surface area contributed by atoms with Crippen LogP contribution in [0.3, 0.4) is 0 Å². The van der Waals surface area contributed by atoms with E-state index in [0.717, 1.165) is 55.2 Å². The minimum absolute atomic E-state index is 0.186. The first-order chi connectivity index (χ1) is 9.65. The number of nitrogens with zero attached hydrogens (tertiary/aromatic N) is 1. The molecule has 1 aromatic carbocycles. The number of hydrogen-bond donors (Lipinski definition) is 1. The van der Waals surface area contributed by atoms with Crippen LogP contribution in [0.2, 0.25) is 0 Å². The van der Waals surface area contributed by atoms with Crippen LogP contribution in [0.1, 0.15) is 49.0 Å². The number of piperidine rings is 1. The van der Waals surface area contributed by atoms with Crippen molar-refractivity contribution in [1.82, 2.24) is 4.90 Å². The molecule has 2 rings (SSSR count). The van der Waals surface area contributed by atoms with Crippen LogP contribution in [0.5, 0.6) is 0 Å². The molecule has 0 saturated carbocycles. The van der Waals surface area contributed by atoms with Crippen molar-refractivity contribution in [3.05, 3.63) is 29.3 Å². The zero-order chi connectivity index (χ0) is 14.5. The second-order valence-electron chi connectivity index (χ2n) is 5.70. The summed E-state index contributed by atoms with van der Waals surface area (Å²) in [5.41, 5.74) is 3.08. The Morgan fingerprint density at radius 1 is 1.30 bits per heavy atom. The van der Waals surface area contributed by atoms with Crippen LogP contribution in [0.25, 0.3) is 0 Å². The third kappa shape index (κ3) is 3.33. The standard InChI is InChI=1S/C17H26N2O/c1-4-14-8-10-19(11-9-14)17(20)15-6-7-16(18-5-2)13(3)12-15/h6-7,12,14,18H,4-5,8-11H2,1-3H3. The normalized spacial score (nSPS) is 16.2. The van der Waals surface area contributed by atoms with Crippen LogP contribution < -0.4 is 5.32 Å². The van der Waals surface area contributed by atoms with Crippen LogP contribution in [-0.4, -0.2) is 30.4 Å². The molecule has 1 fully saturated rings. The van der Waals surface area contributed by atoms with Crippen molar-refractivity contribution in [1.29, 1.82) is 0 Å². The first-order valence-corrected chi connectivity index (χ1v) is 7.79. The summed E-state index contributed by atoms with van der Waals surface area (Å²) < 4.78 is 0. The second-order valence-corrected chi connectivity index (χ2v) is 5.70. The average Bonchev–Trinajstić information content (AvgIpc) is 2.49. The van der Waals surface area contributed by atoms with Gasteiger partial charge in [-0.3, -0.25) is 4.79 Å². The molecule has 3 nitrogen and oxygen atoms in total. The summed E-state index contributed by atoms with van der Waals surface area (Å²) in [6.07, 6.45) is 3.53. The number of carbonyl (C=O) groups is 1. The lowest BCUT2D eigenvalue weighted by Gasteiger charge is -2.31. The Hall–Kier alpha value is -1.51. The number of aryl methyl sites for hydroxylation is 1. The highest BCUT2D eigenvalue weighted by Gasteiger charge is 2.22. The zero-order valence-corrected chi connectivity index (χ0v) is 12.9. The fourth-order valence-electron chi connectivity index (χ4n) is 2.91. The van der Waals surface area contributed by atoms with Gasteiger partial charge in [-0.25, -0.2) is 0 Å². The van der Waals surface area contributed by atoms with Gasteiger partial charge in [-0.1, -0.05) is 13.3 Å². The van der Waals surface area contributed by atoms with E-state index < -0.39 is 0 Å². The van der Waals surface area contributed by atoms with Crippen LogP contribution in [0.15, 0.2) is 18.2 Å². The summed E-state index contributed by atoms with van der Waals surface area (Å²) in [7, 11) is 0. The number of benzene rings is 1. The average molecular weight is 274 g/mol.